The van der Waals surface area contributed by atoms with Gasteiger partial charge in [-0.15, -0.1) is 0 Å². The van der Waals surface area contributed by atoms with Gasteiger partial charge >= 0.3 is 5.91 Å². The minimum absolute atomic E-state index is 0.0160. The van der Waals surface area contributed by atoms with E-state index in [1.807, 2.05) is 47.0 Å². The predicted molar refractivity (Wildman–Crippen MR) is 574 cm³/mol. The molecule has 0 radical (unpaired) electrons. The molecule has 4 atom stereocenters. The first-order valence-corrected chi connectivity index (χ1v) is 58.9. The molecule has 1 aliphatic heterocycles. The summed E-state index contributed by atoms with van der Waals surface area (Å²) in [5, 5.41) is 50.0. The zero-order valence-corrected chi connectivity index (χ0v) is 92.4. The lowest BCUT2D eigenvalue weighted by molar-refractivity contribution is -0.139. The second-order valence-electron chi connectivity index (χ2n) is 42.0. The molecule has 806 valence electrons. The van der Waals surface area contributed by atoms with Crippen molar-refractivity contribution in [2.45, 2.75) is 681 Å². The largest absolute Gasteiger partial charge is 0.365 e. The number of unbranched alkanes of at least 4 members (excludes halogenated alkanes) is 74. The number of hydrogen-bond acceptors (Lipinski definition) is 13. The van der Waals surface area contributed by atoms with Crippen LogP contribution in [0.1, 0.15) is 675 Å². The molecule has 0 saturated heterocycles. The van der Waals surface area contributed by atoms with Crippen LogP contribution < -0.4 is 27.4 Å². The van der Waals surface area contributed by atoms with Gasteiger partial charge in [-0.25, -0.2) is 27.4 Å². The fraction of sp³-hybridized carbons (Fsp3) is 0.948. The summed E-state index contributed by atoms with van der Waals surface area (Å²) >= 11 is 0. The maximum absolute atomic E-state index is 11.9. The van der Waals surface area contributed by atoms with Gasteiger partial charge in [0.1, 0.15) is 0 Å². The number of amides is 6. The fourth-order valence-electron chi connectivity index (χ4n) is 18.6. The van der Waals surface area contributed by atoms with E-state index in [4.69, 9.17) is 30.9 Å². The third-order valence-corrected chi connectivity index (χ3v) is 29.2. The molecule has 1 heterocycles. The van der Waals surface area contributed by atoms with Crippen LogP contribution in [0.2, 0.25) is 0 Å². The Labute approximate surface area is 837 Å². The van der Waals surface area contributed by atoms with Crippen LogP contribution in [0, 0.1) is 28.1 Å². The van der Waals surface area contributed by atoms with Gasteiger partial charge in [0, 0.05) is 39.8 Å². The van der Waals surface area contributed by atoms with Crippen molar-refractivity contribution in [2.24, 2.45) is 38.5 Å². The molecule has 0 aromatic rings. The van der Waals surface area contributed by atoms with Crippen LogP contribution in [0.15, 0.2) is 10.4 Å². The highest BCUT2D eigenvalue weighted by Gasteiger charge is 2.45. The van der Waals surface area contributed by atoms with Gasteiger partial charge in [-0.1, -0.05) is 609 Å². The summed E-state index contributed by atoms with van der Waals surface area (Å²) in [5.74, 6) is -1.52. The molecular formula is C116H235N7O12. The van der Waals surface area contributed by atoms with Crippen molar-refractivity contribution in [2.75, 3.05) is 0 Å². The Kier molecular flexibility index (Phi) is 116. The van der Waals surface area contributed by atoms with E-state index in [9.17, 15) is 28.8 Å². The molecule has 0 fully saturated rings. The maximum atomic E-state index is 11.9. The van der Waals surface area contributed by atoms with Crippen molar-refractivity contribution in [1.82, 2.24) is 27.4 Å². The quantitative estimate of drug-likeness (QED) is 0.0154. The van der Waals surface area contributed by atoms with Gasteiger partial charge in [0.25, 0.3) is 0 Å². The summed E-state index contributed by atoms with van der Waals surface area (Å²) in [5.41, 5.74) is 7.80. The molecule has 19 heteroatoms. The standard InChI is InChI=1S/C23H44N2O2.C20H41NO2.2C19H39NO2.C18H37NO2.C17H35NO2/c1-4-7-8-9-10-11-12-13-14-15-16-17-18-19-20-23(5-2,6-3)21-22(26)24-25-27-21;1-4-6-7-8-9-10-11-12-13-14-15-16-17-18-20(3,5-2)19(22)21-23;1-4-5-6-7-8-9-10-11-12-13-14-15-16-17-19(2,3)18(21)20-22;1-3-5-6-7-8-9-10-11-12-13-14-15-16-17-18(4-2)19(21)20-22;1-3-4-5-6-7-8-9-10-11-12-13-14-15-16-17(2)18(20)19-21;1-2-3-4-5-6-7-8-9-10-11-12-13-14-15-16-17(19)18-20/h21H,4-20H2,1-3H3;23H,4-18H2,1-3H3,(H,21,22);22H,4-17H2,1-3H3,(H,20,21);18,22H,3-17H2,1-2H3,(H,20,21);17,21H,3-16H2,1-2H3,(H,19,20);20H,2-16H2,1H3,(H,18,19). The highest BCUT2D eigenvalue weighted by Crippen LogP contribution is 2.41. The van der Waals surface area contributed by atoms with Crippen molar-refractivity contribution < 1.29 is 59.6 Å². The van der Waals surface area contributed by atoms with Gasteiger partial charge in [-0.3, -0.25) is 54.8 Å². The fourth-order valence-corrected chi connectivity index (χ4v) is 18.6. The number of hydrogen-bond donors (Lipinski definition) is 10. The first-order chi connectivity index (χ1) is 65.6. The van der Waals surface area contributed by atoms with Gasteiger partial charge < -0.3 is 4.84 Å². The molecule has 0 saturated carbocycles. The van der Waals surface area contributed by atoms with Gasteiger partial charge in [-0.2, -0.15) is 0 Å². The van der Waals surface area contributed by atoms with Gasteiger partial charge in [0.15, 0.2) is 0 Å². The average molecular weight is 1920 g/mol. The molecule has 19 nitrogen and oxygen atoms in total. The number of nitrogens with one attached hydrogen (secondary N) is 5. The highest BCUT2D eigenvalue weighted by molar-refractivity contribution is 5.83. The summed E-state index contributed by atoms with van der Waals surface area (Å²) in [6.45, 7) is 29.5. The summed E-state index contributed by atoms with van der Waals surface area (Å²) in [6.07, 6.45) is 115. The average Bonchev–Trinajstić information content (AvgIpc) is 1.70. The van der Waals surface area contributed by atoms with E-state index < -0.39 is 16.9 Å². The summed E-state index contributed by atoms with van der Waals surface area (Å²) < 4.78 is 0. The van der Waals surface area contributed by atoms with Crippen LogP contribution in [0.5, 0.6) is 0 Å². The Morgan fingerprint density at radius 1 is 0.289 bits per heavy atom. The molecule has 1 aliphatic rings. The maximum Gasteiger partial charge on any atom is 0.311 e. The second kappa shape index (κ2) is 112. The number of carbonyl (C=O) groups excluding carboxylic acids is 6. The monoisotopic (exact) mass is 1920 g/mol. The predicted octanol–water partition coefficient (Wildman–Crippen LogP) is 37.3. The smallest absolute Gasteiger partial charge is 0.311 e. The number of rotatable bonds is 95. The van der Waals surface area contributed by atoms with E-state index in [0.29, 0.717) is 6.42 Å². The third-order valence-electron chi connectivity index (χ3n) is 29.2. The highest BCUT2D eigenvalue weighted by atomic mass is 16.7. The molecule has 10 N–H and O–H groups in total. The lowest BCUT2D eigenvalue weighted by atomic mass is 9.73. The Morgan fingerprint density at radius 3 is 0.763 bits per heavy atom. The Bertz CT molecular complexity index is 2470. The van der Waals surface area contributed by atoms with E-state index >= 15 is 0 Å². The molecular weight excluding hydrogens is 1680 g/mol. The normalized spacial score (nSPS) is 13.1. The number of carbonyl (C=O) groups is 6. The van der Waals surface area contributed by atoms with E-state index in [1.54, 1.807) is 21.9 Å². The topological polar surface area (TPSA) is 298 Å². The van der Waals surface area contributed by atoms with E-state index in [-0.39, 0.29) is 52.7 Å². The molecule has 0 aromatic heterocycles. The van der Waals surface area contributed by atoms with Crippen LogP contribution in [0.3, 0.4) is 0 Å². The molecule has 6 amide bonds. The molecule has 0 bridgehead atoms. The second-order valence-corrected chi connectivity index (χ2v) is 42.0. The molecule has 4 unspecified atom stereocenters. The van der Waals surface area contributed by atoms with Crippen LogP contribution in [0.25, 0.3) is 0 Å². The molecule has 0 spiro atoms. The number of hydroxylamine groups is 5. The van der Waals surface area contributed by atoms with E-state index in [0.717, 1.165) is 96.3 Å². The SMILES string of the molecule is CCCCCCCCCCCCCCCC(C)(C)C(=O)NO.CCCCCCCCCCCCCCCC(C)(CC)C(=O)NO.CCCCCCCCCCCCCCCC(C)C(=O)NO.CCCCCCCCCCCCCCCC(CC)C(=O)NO.CCCCCCCCCCCCCCCCC(=O)NO.CCCCCCCCCCCCCCCCC(CC)(CC)C1ON=NC1=O. The Morgan fingerprint density at radius 2 is 0.533 bits per heavy atom. The summed E-state index contributed by atoms with van der Waals surface area (Å²) in [4.78, 5) is 73.5. The van der Waals surface area contributed by atoms with Crippen molar-refractivity contribution in [3.8, 4) is 0 Å². The molecule has 135 heavy (non-hydrogen) atoms. The zero-order valence-electron chi connectivity index (χ0n) is 92.4. The van der Waals surface area contributed by atoms with Crippen molar-refractivity contribution in [3.63, 3.8) is 0 Å². The summed E-state index contributed by atoms with van der Waals surface area (Å²) in [6, 6.07) is 0. The van der Waals surface area contributed by atoms with Crippen LogP contribution in [-0.2, 0) is 33.6 Å². The minimum atomic E-state index is -0.452. The van der Waals surface area contributed by atoms with Gasteiger partial charge in [0.2, 0.25) is 35.6 Å². The lowest BCUT2D eigenvalue weighted by Crippen LogP contribution is -2.38. The lowest BCUT2D eigenvalue weighted by Gasteiger charge is -2.33. The zero-order chi connectivity index (χ0) is 101. The van der Waals surface area contributed by atoms with E-state index in [1.165, 1.54) is 475 Å². The van der Waals surface area contributed by atoms with Crippen molar-refractivity contribution in [3.05, 3.63) is 0 Å². The summed E-state index contributed by atoms with van der Waals surface area (Å²) in [7, 11) is 0. The van der Waals surface area contributed by atoms with Gasteiger partial charge in [0.05, 0.1) is 0 Å². The minimum Gasteiger partial charge on any atom is -0.365 e. The molecule has 0 aliphatic carbocycles. The first-order valence-electron chi connectivity index (χ1n) is 58.9. The van der Waals surface area contributed by atoms with Gasteiger partial charge in [-0.05, 0) is 64.2 Å². The molecule has 1 rings (SSSR count). The third kappa shape index (κ3) is 97.4. The Hall–Kier alpha value is -3.78. The van der Waals surface area contributed by atoms with E-state index in [2.05, 4.69) is 65.8 Å². The van der Waals surface area contributed by atoms with Crippen LogP contribution in [-0.4, -0.2) is 67.6 Å². The number of nitrogens with zero attached hydrogens (tertiary/aromatic N) is 2. The first kappa shape index (κ1) is 140. The molecule has 0 aromatic carbocycles. The van der Waals surface area contributed by atoms with Crippen LogP contribution in [0.4, 0.5) is 0 Å². The Balaban J connectivity index is -0.000000502. The van der Waals surface area contributed by atoms with Crippen molar-refractivity contribution >= 4 is 35.4 Å². The van der Waals surface area contributed by atoms with Crippen molar-refractivity contribution in [1.29, 1.82) is 0 Å². The van der Waals surface area contributed by atoms with Crippen LogP contribution >= 0.6 is 0 Å².